The predicted octanol–water partition coefficient (Wildman–Crippen LogP) is 5.08. The van der Waals surface area contributed by atoms with Crippen LogP contribution in [0.5, 0.6) is 0 Å². The second-order valence-corrected chi connectivity index (χ2v) is 5.35. The van der Waals surface area contributed by atoms with E-state index in [4.69, 9.17) is 11.6 Å². The number of nitrogens with zero attached hydrogens (tertiary/aromatic N) is 1. The normalized spacial score (nSPS) is 11.4. The smallest absolute Gasteiger partial charge is 0.0639 e. The maximum absolute atomic E-state index is 5.84. The Morgan fingerprint density at radius 1 is 1.00 bits per heavy atom. The van der Waals surface area contributed by atoms with Crippen LogP contribution in [0.4, 0.5) is 0 Å². The molecule has 98 valence electrons. The van der Waals surface area contributed by atoms with Gasteiger partial charge in [-0.05, 0) is 34.7 Å². The Kier molecular flexibility index (Phi) is 4.75. The van der Waals surface area contributed by atoms with Gasteiger partial charge in [0.15, 0.2) is 0 Å². The zero-order chi connectivity index (χ0) is 13.7. The first-order valence-corrected chi connectivity index (χ1v) is 6.87. The topological polar surface area (TPSA) is 12.4 Å². The fourth-order valence-corrected chi connectivity index (χ4v) is 1.94. The molecule has 0 amide bonds. The second kappa shape index (κ2) is 6.53. The van der Waals surface area contributed by atoms with Crippen molar-refractivity contribution in [1.82, 2.24) is 0 Å². The summed E-state index contributed by atoms with van der Waals surface area (Å²) >= 11 is 5.84. The van der Waals surface area contributed by atoms with E-state index in [9.17, 15) is 0 Å². The average Bonchev–Trinajstić information content (AvgIpc) is 2.41. The van der Waals surface area contributed by atoms with Crippen molar-refractivity contribution in [2.24, 2.45) is 4.99 Å². The summed E-state index contributed by atoms with van der Waals surface area (Å²) in [4.78, 5) is 4.45. The van der Waals surface area contributed by atoms with E-state index in [1.54, 1.807) is 0 Å². The lowest BCUT2D eigenvalue weighted by atomic mass is 10.0. The van der Waals surface area contributed by atoms with Crippen LogP contribution < -0.4 is 0 Å². The highest BCUT2D eigenvalue weighted by Gasteiger charge is 1.98. The SMILES string of the molecule is CC(C)c1ccc(CN=Cc2ccc(Cl)cc2)cc1. The van der Waals surface area contributed by atoms with E-state index in [-0.39, 0.29) is 0 Å². The van der Waals surface area contributed by atoms with Gasteiger partial charge in [-0.1, -0.05) is 61.8 Å². The molecule has 0 aliphatic carbocycles. The number of hydrogen-bond donors (Lipinski definition) is 0. The minimum atomic E-state index is 0.576. The van der Waals surface area contributed by atoms with E-state index in [0.717, 1.165) is 10.6 Å². The van der Waals surface area contributed by atoms with Gasteiger partial charge in [0.1, 0.15) is 0 Å². The summed E-state index contributed by atoms with van der Waals surface area (Å²) in [6, 6.07) is 16.3. The molecule has 0 spiro atoms. The number of aliphatic imine (C=N–C) groups is 1. The van der Waals surface area contributed by atoms with Gasteiger partial charge in [0.05, 0.1) is 6.54 Å². The van der Waals surface area contributed by atoms with Gasteiger partial charge in [0, 0.05) is 11.2 Å². The maximum Gasteiger partial charge on any atom is 0.0639 e. The van der Waals surface area contributed by atoms with Crippen molar-refractivity contribution in [2.45, 2.75) is 26.3 Å². The second-order valence-electron chi connectivity index (χ2n) is 4.92. The van der Waals surface area contributed by atoms with Crippen LogP contribution in [0.2, 0.25) is 5.02 Å². The Balaban J connectivity index is 1.96. The standard InChI is InChI=1S/C17H18ClN/c1-13(2)16-7-3-14(4-8-16)11-19-12-15-5-9-17(18)10-6-15/h3-10,12-13H,11H2,1-2H3. The Morgan fingerprint density at radius 2 is 1.63 bits per heavy atom. The van der Waals surface area contributed by atoms with Crippen molar-refractivity contribution in [3.05, 3.63) is 70.2 Å². The van der Waals surface area contributed by atoms with Crippen LogP contribution in [0, 0.1) is 0 Å². The van der Waals surface area contributed by atoms with Crippen LogP contribution in [0.25, 0.3) is 0 Å². The summed E-state index contributed by atoms with van der Waals surface area (Å²) in [5.41, 5.74) is 3.67. The van der Waals surface area contributed by atoms with Gasteiger partial charge in [0.25, 0.3) is 0 Å². The van der Waals surface area contributed by atoms with Crippen LogP contribution in [0.15, 0.2) is 53.5 Å². The van der Waals surface area contributed by atoms with Gasteiger partial charge in [0.2, 0.25) is 0 Å². The van der Waals surface area contributed by atoms with Gasteiger partial charge >= 0.3 is 0 Å². The third-order valence-corrected chi connectivity index (χ3v) is 3.28. The molecule has 0 fully saturated rings. The molecule has 0 heterocycles. The van der Waals surface area contributed by atoms with Gasteiger partial charge in [-0.15, -0.1) is 0 Å². The number of halogens is 1. The summed E-state index contributed by atoms with van der Waals surface area (Å²) in [5.74, 6) is 0.576. The van der Waals surface area contributed by atoms with Gasteiger partial charge in [-0.2, -0.15) is 0 Å². The summed E-state index contributed by atoms with van der Waals surface area (Å²) in [5, 5.41) is 0.751. The Bertz CT molecular complexity index is 538. The lowest BCUT2D eigenvalue weighted by molar-refractivity contribution is 0.864. The zero-order valence-electron chi connectivity index (χ0n) is 11.3. The van der Waals surface area contributed by atoms with Crippen LogP contribution in [0.3, 0.4) is 0 Å². The van der Waals surface area contributed by atoms with Crippen molar-refractivity contribution >= 4 is 17.8 Å². The molecule has 0 aliphatic rings. The maximum atomic E-state index is 5.84. The molecule has 0 saturated heterocycles. The highest BCUT2D eigenvalue weighted by molar-refractivity contribution is 6.30. The zero-order valence-corrected chi connectivity index (χ0v) is 12.1. The first-order chi connectivity index (χ1) is 9.15. The van der Waals surface area contributed by atoms with Crippen molar-refractivity contribution in [1.29, 1.82) is 0 Å². The molecular weight excluding hydrogens is 254 g/mol. The van der Waals surface area contributed by atoms with Crippen LogP contribution in [0.1, 0.15) is 36.5 Å². The summed E-state index contributed by atoms with van der Waals surface area (Å²) in [6.45, 7) is 5.11. The van der Waals surface area contributed by atoms with Crippen LogP contribution >= 0.6 is 11.6 Å². The first-order valence-electron chi connectivity index (χ1n) is 6.49. The Labute approximate surface area is 120 Å². The van der Waals surface area contributed by atoms with E-state index in [1.165, 1.54) is 11.1 Å². The monoisotopic (exact) mass is 271 g/mol. The van der Waals surface area contributed by atoms with Crippen molar-refractivity contribution in [2.75, 3.05) is 0 Å². The molecule has 2 aromatic rings. The molecule has 0 radical (unpaired) electrons. The summed E-state index contributed by atoms with van der Waals surface area (Å²) in [7, 11) is 0. The molecule has 0 atom stereocenters. The van der Waals surface area contributed by atoms with E-state index in [1.807, 2.05) is 30.5 Å². The molecule has 0 aliphatic heterocycles. The number of hydrogen-bond acceptors (Lipinski definition) is 1. The lowest BCUT2D eigenvalue weighted by Crippen LogP contribution is -1.89. The average molecular weight is 272 g/mol. The van der Waals surface area contributed by atoms with E-state index < -0.39 is 0 Å². The highest BCUT2D eigenvalue weighted by atomic mass is 35.5. The fraction of sp³-hybridized carbons (Fsp3) is 0.235. The van der Waals surface area contributed by atoms with Gasteiger partial charge < -0.3 is 0 Å². The van der Waals surface area contributed by atoms with Crippen molar-refractivity contribution in [3.63, 3.8) is 0 Å². The molecule has 0 unspecified atom stereocenters. The predicted molar refractivity (Wildman–Crippen MR) is 83.3 cm³/mol. The fourth-order valence-electron chi connectivity index (χ4n) is 1.81. The molecule has 2 rings (SSSR count). The molecule has 0 N–H and O–H groups in total. The largest absolute Gasteiger partial charge is 0.288 e. The lowest BCUT2D eigenvalue weighted by Gasteiger charge is -2.05. The van der Waals surface area contributed by atoms with Gasteiger partial charge in [-0.25, -0.2) is 0 Å². The van der Waals surface area contributed by atoms with E-state index in [2.05, 4.69) is 43.1 Å². The molecule has 1 nitrogen and oxygen atoms in total. The highest BCUT2D eigenvalue weighted by Crippen LogP contribution is 2.15. The minimum absolute atomic E-state index is 0.576. The Hall–Kier alpha value is -1.60. The third kappa shape index (κ3) is 4.22. The molecule has 0 saturated carbocycles. The number of benzene rings is 2. The molecular formula is C17H18ClN. The molecule has 0 aromatic heterocycles. The van der Waals surface area contributed by atoms with Crippen molar-refractivity contribution in [3.8, 4) is 0 Å². The van der Waals surface area contributed by atoms with E-state index in [0.29, 0.717) is 12.5 Å². The molecule has 19 heavy (non-hydrogen) atoms. The quantitative estimate of drug-likeness (QED) is 0.688. The molecule has 0 bridgehead atoms. The van der Waals surface area contributed by atoms with Crippen LogP contribution in [-0.4, -0.2) is 6.21 Å². The summed E-state index contributed by atoms with van der Waals surface area (Å²) in [6.07, 6.45) is 1.88. The molecule has 2 heteroatoms. The Morgan fingerprint density at radius 3 is 2.21 bits per heavy atom. The third-order valence-electron chi connectivity index (χ3n) is 3.03. The van der Waals surface area contributed by atoms with Crippen LogP contribution in [-0.2, 0) is 6.54 Å². The van der Waals surface area contributed by atoms with E-state index >= 15 is 0 Å². The van der Waals surface area contributed by atoms with Gasteiger partial charge in [-0.3, -0.25) is 4.99 Å². The van der Waals surface area contributed by atoms with Crippen molar-refractivity contribution < 1.29 is 0 Å². The first kappa shape index (κ1) is 13.8. The summed E-state index contributed by atoms with van der Waals surface area (Å²) < 4.78 is 0. The minimum Gasteiger partial charge on any atom is -0.288 e. The molecule has 2 aromatic carbocycles. The number of rotatable bonds is 4.